The molecule has 4 rings (SSSR count). The quantitative estimate of drug-likeness (QED) is 0.0862. The number of carbonyl (C=O) groups is 4. The molecule has 2 atom stereocenters. The van der Waals surface area contributed by atoms with Crippen molar-refractivity contribution in [2.45, 2.75) is 90.5 Å². The zero-order valence-corrected chi connectivity index (χ0v) is 32.2. The molecule has 51 heavy (non-hydrogen) atoms. The molecule has 1 aromatic carbocycles. The molecule has 1 aliphatic carbocycles. The summed E-state index contributed by atoms with van der Waals surface area (Å²) in [4.78, 5) is 56.5. The molecule has 2 amide bonds. The third-order valence-corrected chi connectivity index (χ3v) is 11.9. The van der Waals surface area contributed by atoms with Crippen LogP contribution in [-0.4, -0.2) is 113 Å². The lowest BCUT2D eigenvalue weighted by atomic mass is 9.86. The Morgan fingerprint density at radius 2 is 1.90 bits per heavy atom. The number of carbonyl (C=O) groups excluding carboxylic acids is 3. The number of aliphatic carboxylic acids is 1. The van der Waals surface area contributed by atoms with Gasteiger partial charge in [-0.3, -0.25) is 29.0 Å². The number of hydrogen-bond acceptors (Lipinski definition) is 9. The molecule has 1 saturated heterocycles. The van der Waals surface area contributed by atoms with Gasteiger partial charge in [0, 0.05) is 68.0 Å². The normalized spacial score (nSPS) is 17.3. The average Bonchev–Trinajstić information content (AvgIpc) is 3.81. The monoisotopic (exact) mass is 742 g/mol. The maximum absolute atomic E-state index is 13.1. The van der Waals surface area contributed by atoms with Crippen molar-refractivity contribution in [3.63, 3.8) is 0 Å². The Labute approximate surface area is 312 Å². The number of thioether (sulfide) groups is 1. The minimum atomic E-state index is -0.817. The highest BCUT2D eigenvalue weighted by atomic mass is 32.2. The summed E-state index contributed by atoms with van der Waals surface area (Å²) in [6, 6.07) is 11.0. The maximum atomic E-state index is 13.1. The van der Waals surface area contributed by atoms with Crippen molar-refractivity contribution in [3.8, 4) is 5.75 Å². The summed E-state index contributed by atoms with van der Waals surface area (Å²) in [7, 11) is 0. The number of ether oxygens (including phenoxy) is 1. The summed E-state index contributed by atoms with van der Waals surface area (Å²) in [6.07, 6.45) is 8.90. The lowest BCUT2D eigenvalue weighted by Crippen LogP contribution is -2.41. The lowest BCUT2D eigenvalue weighted by Gasteiger charge is -2.35. The number of carboxylic acids is 1. The molecule has 1 aromatic heterocycles. The number of amides is 2. The number of carboxylic acid groups (broad SMARTS) is 1. The molecule has 2 unspecified atom stereocenters. The van der Waals surface area contributed by atoms with E-state index in [4.69, 9.17) is 9.84 Å². The van der Waals surface area contributed by atoms with Crippen molar-refractivity contribution < 1.29 is 29.0 Å². The first-order valence-corrected chi connectivity index (χ1v) is 20.9. The van der Waals surface area contributed by atoms with E-state index < -0.39 is 5.97 Å². The second kappa shape index (κ2) is 22.2. The molecule has 0 radical (unpaired) electrons. The van der Waals surface area contributed by atoms with Crippen molar-refractivity contribution in [2.75, 3.05) is 63.9 Å². The highest BCUT2D eigenvalue weighted by Gasteiger charge is 2.28. The summed E-state index contributed by atoms with van der Waals surface area (Å²) in [5, 5.41) is 13.9. The molecule has 2 aliphatic rings. The van der Waals surface area contributed by atoms with Gasteiger partial charge in [0.2, 0.25) is 11.8 Å². The van der Waals surface area contributed by atoms with Crippen LogP contribution in [0.3, 0.4) is 0 Å². The Hall–Kier alpha value is -2.93. The fraction of sp³-hybridized carbons (Fsp3) is 0.641. The Kier molecular flexibility index (Phi) is 17.8. The van der Waals surface area contributed by atoms with Gasteiger partial charge >= 0.3 is 11.9 Å². The SMILES string of the molecule is CCCN(CCc1cccs1)C1CCc2c(cccc2OC(=O)CN2CCC(CCCC(=O)NCCN(CCSCCC(=O)O)C(=O)CC)C2)C1. The van der Waals surface area contributed by atoms with Crippen LogP contribution in [0.4, 0.5) is 0 Å². The number of thiophene rings is 1. The van der Waals surface area contributed by atoms with E-state index in [1.807, 2.05) is 30.4 Å². The summed E-state index contributed by atoms with van der Waals surface area (Å²) >= 11 is 3.35. The number of benzene rings is 1. The van der Waals surface area contributed by atoms with E-state index in [0.717, 1.165) is 83.3 Å². The largest absolute Gasteiger partial charge is 0.481 e. The molecule has 10 nitrogen and oxygen atoms in total. The van der Waals surface area contributed by atoms with Crippen LogP contribution in [0.1, 0.15) is 81.2 Å². The van der Waals surface area contributed by atoms with E-state index in [0.29, 0.717) is 55.9 Å². The minimum absolute atomic E-state index is 0.0119. The zero-order valence-electron chi connectivity index (χ0n) is 30.6. The highest BCUT2D eigenvalue weighted by Crippen LogP contribution is 2.32. The zero-order chi connectivity index (χ0) is 36.4. The Bertz CT molecular complexity index is 1390. The number of fused-ring (bicyclic) bond motifs is 1. The van der Waals surface area contributed by atoms with Gasteiger partial charge in [0.15, 0.2) is 0 Å². The first-order chi connectivity index (χ1) is 24.7. The van der Waals surface area contributed by atoms with Gasteiger partial charge in [-0.25, -0.2) is 0 Å². The van der Waals surface area contributed by atoms with Crippen LogP contribution >= 0.6 is 23.1 Å². The van der Waals surface area contributed by atoms with Crippen LogP contribution < -0.4 is 10.1 Å². The number of rotatable bonds is 23. The molecule has 2 heterocycles. The summed E-state index contributed by atoms with van der Waals surface area (Å²) < 4.78 is 5.99. The van der Waals surface area contributed by atoms with Crippen molar-refractivity contribution in [1.29, 1.82) is 0 Å². The first-order valence-electron chi connectivity index (χ1n) is 18.9. The van der Waals surface area contributed by atoms with Crippen LogP contribution in [0, 0.1) is 5.92 Å². The number of hydrogen-bond donors (Lipinski definition) is 2. The molecular weight excluding hydrogens is 685 g/mol. The van der Waals surface area contributed by atoms with Gasteiger partial charge in [-0.1, -0.05) is 32.0 Å². The van der Waals surface area contributed by atoms with Crippen LogP contribution in [-0.2, 0) is 38.4 Å². The van der Waals surface area contributed by atoms with Gasteiger partial charge < -0.3 is 20.1 Å². The van der Waals surface area contributed by atoms with E-state index in [2.05, 4.69) is 45.6 Å². The molecule has 0 saturated carbocycles. The minimum Gasteiger partial charge on any atom is -0.481 e. The van der Waals surface area contributed by atoms with Gasteiger partial charge in [0.05, 0.1) is 13.0 Å². The molecule has 12 heteroatoms. The number of likely N-dealkylation sites (tertiary alicyclic amines) is 1. The van der Waals surface area contributed by atoms with Crippen molar-refractivity contribution >= 4 is 46.9 Å². The predicted molar refractivity (Wildman–Crippen MR) is 206 cm³/mol. The van der Waals surface area contributed by atoms with Crippen LogP contribution in [0.25, 0.3) is 0 Å². The van der Waals surface area contributed by atoms with E-state index in [9.17, 15) is 19.2 Å². The first kappa shape index (κ1) is 40.8. The molecular formula is C39H58N4O6S2. The van der Waals surface area contributed by atoms with E-state index >= 15 is 0 Å². The molecule has 0 spiro atoms. The van der Waals surface area contributed by atoms with Crippen molar-refractivity contribution in [3.05, 3.63) is 51.7 Å². The van der Waals surface area contributed by atoms with Gasteiger partial charge in [-0.15, -0.1) is 11.3 Å². The molecule has 1 fully saturated rings. The van der Waals surface area contributed by atoms with Crippen LogP contribution in [0.15, 0.2) is 35.7 Å². The Morgan fingerprint density at radius 1 is 1.04 bits per heavy atom. The van der Waals surface area contributed by atoms with Crippen LogP contribution in [0.5, 0.6) is 5.75 Å². The summed E-state index contributed by atoms with van der Waals surface area (Å²) in [5.41, 5.74) is 2.49. The van der Waals surface area contributed by atoms with Crippen molar-refractivity contribution in [2.24, 2.45) is 5.92 Å². The fourth-order valence-electron chi connectivity index (χ4n) is 7.25. The highest BCUT2D eigenvalue weighted by molar-refractivity contribution is 7.99. The van der Waals surface area contributed by atoms with E-state index in [-0.39, 0.29) is 30.7 Å². The number of nitrogens with zero attached hydrogens (tertiary/aromatic N) is 3. The molecule has 1 aliphatic heterocycles. The van der Waals surface area contributed by atoms with Gasteiger partial charge in [-0.05, 0) is 99.0 Å². The molecule has 0 bridgehead atoms. The number of esters is 1. The van der Waals surface area contributed by atoms with Crippen LogP contribution in [0.2, 0.25) is 0 Å². The third-order valence-electron chi connectivity index (χ3n) is 9.95. The summed E-state index contributed by atoms with van der Waals surface area (Å²) in [5.74, 6) is 1.36. The summed E-state index contributed by atoms with van der Waals surface area (Å²) in [6.45, 7) is 9.62. The van der Waals surface area contributed by atoms with Gasteiger partial charge in [0.1, 0.15) is 5.75 Å². The fourth-order valence-corrected chi connectivity index (χ4v) is 8.82. The lowest BCUT2D eigenvalue weighted by molar-refractivity contribution is -0.137. The second-order valence-corrected chi connectivity index (χ2v) is 16.0. The van der Waals surface area contributed by atoms with E-state index in [1.54, 1.807) is 4.90 Å². The maximum Gasteiger partial charge on any atom is 0.325 e. The Balaban J connectivity index is 1.12. The topological polar surface area (TPSA) is 119 Å². The molecule has 2 aromatic rings. The third kappa shape index (κ3) is 14.2. The Morgan fingerprint density at radius 3 is 2.67 bits per heavy atom. The van der Waals surface area contributed by atoms with Gasteiger partial charge in [-0.2, -0.15) is 11.8 Å². The molecule has 282 valence electrons. The van der Waals surface area contributed by atoms with Crippen molar-refractivity contribution in [1.82, 2.24) is 20.0 Å². The average molecular weight is 743 g/mol. The second-order valence-electron chi connectivity index (χ2n) is 13.8. The van der Waals surface area contributed by atoms with Gasteiger partial charge in [0.25, 0.3) is 0 Å². The smallest absolute Gasteiger partial charge is 0.325 e. The number of nitrogens with one attached hydrogen (secondary N) is 1. The molecule has 2 N–H and O–H groups in total. The van der Waals surface area contributed by atoms with E-state index in [1.165, 1.54) is 27.8 Å². The predicted octanol–water partition coefficient (Wildman–Crippen LogP) is 5.52. The standard InChI is InChI=1S/C39H58N4O6S2/c1-3-19-42(21-16-33-10-7-24-51-33)32-13-14-34-31(27-32)9-6-11-35(34)49-39(48)29-41-20-15-30(28-41)8-5-12-36(44)40-18-22-43(37(45)4-2)23-26-50-25-17-38(46)47/h6-7,9-11,24,30,32H,3-5,8,12-23,25-29H2,1-2H3,(H,40,44)(H,46,47).